The molecule has 0 aromatic rings. The van der Waals surface area contributed by atoms with Crippen LogP contribution in [0, 0.1) is 0 Å². The van der Waals surface area contributed by atoms with Crippen molar-refractivity contribution in [1.29, 1.82) is 0 Å². The van der Waals surface area contributed by atoms with Gasteiger partial charge >= 0.3 is 0 Å². The maximum Gasteiger partial charge on any atom is 0.193 e. The lowest BCUT2D eigenvalue weighted by atomic mass is 9.91. The second-order valence-corrected chi connectivity index (χ2v) is 4.35. The Kier molecular flexibility index (Phi) is 2.83. The van der Waals surface area contributed by atoms with Gasteiger partial charge in [-0.3, -0.25) is 4.79 Å². The molecule has 0 aliphatic carbocycles. The standard InChI is InChI=1S/C11H18O3/c1-6-7-11(5)9(12)8(2)13-10(3,4)14-11/h6,8H,1,7H2,2-5H3/t8-,11-/m1/s1. The third kappa shape index (κ3) is 2.04. The van der Waals surface area contributed by atoms with Gasteiger partial charge in [-0.1, -0.05) is 6.08 Å². The first-order valence-electron chi connectivity index (χ1n) is 4.84. The molecule has 1 aliphatic rings. The van der Waals surface area contributed by atoms with Crippen LogP contribution in [0.4, 0.5) is 0 Å². The summed E-state index contributed by atoms with van der Waals surface area (Å²) in [6.07, 6.45) is 1.80. The molecular formula is C11H18O3. The highest BCUT2D eigenvalue weighted by Gasteiger charge is 2.47. The van der Waals surface area contributed by atoms with Crippen LogP contribution >= 0.6 is 0 Å². The van der Waals surface area contributed by atoms with Crippen LogP contribution in [0.5, 0.6) is 0 Å². The van der Waals surface area contributed by atoms with E-state index in [0.29, 0.717) is 6.42 Å². The van der Waals surface area contributed by atoms with Crippen LogP contribution in [0.15, 0.2) is 12.7 Å². The quantitative estimate of drug-likeness (QED) is 0.637. The smallest absolute Gasteiger partial charge is 0.193 e. The Hall–Kier alpha value is -0.670. The second-order valence-electron chi connectivity index (χ2n) is 4.35. The van der Waals surface area contributed by atoms with E-state index in [1.807, 2.05) is 13.8 Å². The van der Waals surface area contributed by atoms with Crippen LogP contribution < -0.4 is 0 Å². The van der Waals surface area contributed by atoms with Gasteiger partial charge in [0.25, 0.3) is 0 Å². The van der Waals surface area contributed by atoms with Gasteiger partial charge in [-0.25, -0.2) is 0 Å². The summed E-state index contributed by atoms with van der Waals surface area (Å²) in [4.78, 5) is 11.8. The fraction of sp³-hybridized carbons (Fsp3) is 0.727. The zero-order valence-electron chi connectivity index (χ0n) is 9.29. The topological polar surface area (TPSA) is 35.5 Å². The van der Waals surface area contributed by atoms with Crippen LogP contribution in [-0.4, -0.2) is 23.3 Å². The molecule has 0 spiro atoms. The van der Waals surface area contributed by atoms with Crippen molar-refractivity contribution in [3.63, 3.8) is 0 Å². The summed E-state index contributed by atoms with van der Waals surface area (Å²) >= 11 is 0. The molecule has 1 rings (SSSR count). The minimum atomic E-state index is -0.789. The van der Waals surface area contributed by atoms with Crippen molar-refractivity contribution in [1.82, 2.24) is 0 Å². The highest BCUT2D eigenvalue weighted by molar-refractivity contribution is 5.91. The monoisotopic (exact) mass is 198 g/mol. The van der Waals surface area contributed by atoms with Crippen molar-refractivity contribution in [2.24, 2.45) is 0 Å². The number of ether oxygens (including phenoxy) is 2. The van der Waals surface area contributed by atoms with Crippen molar-refractivity contribution in [3.8, 4) is 0 Å². The third-order valence-corrected chi connectivity index (χ3v) is 2.36. The van der Waals surface area contributed by atoms with E-state index in [0.717, 1.165) is 0 Å². The summed E-state index contributed by atoms with van der Waals surface area (Å²) in [5, 5.41) is 0. The van der Waals surface area contributed by atoms with Gasteiger partial charge in [-0.2, -0.15) is 0 Å². The molecule has 2 atom stereocenters. The SMILES string of the molecule is C=CC[C@@]1(C)OC(C)(C)O[C@H](C)C1=O. The molecule has 0 N–H and O–H groups in total. The van der Waals surface area contributed by atoms with Crippen molar-refractivity contribution >= 4 is 5.78 Å². The molecule has 3 heteroatoms. The number of ketones is 1. The number of Topliss-reactive ketones (excluding diaryl/α,β-unsaturated/α-hetero) is 1. The van der Waals surface area contributed by atoms with Gasteiger partial charge in [0.15, 0.2) is 11.6 Å². The first kappa shape index (κ1) is 11.4. The zero-order chi connectivity index (χ0) is 11.0. The average molecular weight is 198 g/mol. The van der Waals surface area contributed by atoms with E-state index >= 15 is 0 Å². The van der Waals surface area contributed by atoms with Crippen LogP contribution in [0.3, 0.4) is 0 Å². The first-order chi connectivity index (χ1) is 6.31. The van der Waals surface area contributed by atoms with Gasteiger partial charge in [0, 0.05) is 6.42 Å². The largest absolute Gasteiger partial charge is 0.340 e. The lowest BCUT2D eigenvalue weighted by Crippen LogP contribution is -2.57. The summed E-state index contributed by atoms with van der Waals surface area (Å²) in [6, 6.07) is 0. The Morgan fingerprint density at radius 3 is 2.57 bits per heavy atom. The van der Waals surface area contributed by atoms with Gasteiger partial charge in [0.05, 0.1) is 0 Å². The molecule has 0 unspecified atom stereocenters. The van der Waals surface area contributed by atoms with Gasteiger partial charge in [-0.05, 0) is 27.7 Å². The maximum atomic E-state index is 11.8. The van der Waals surface area contributed by atoms with Crippen molar-refractivity contribution in [3.05, 3.63) is 12.7 Å². The molecule has 1 saturated heterocycles. The molecule has 1 fully saturated rings. The zero-order valence-corrected chi connectivity index (χ0v) is 9.29. The van der Waals surface area contributed by atoms with Gasteiger partial charge in [0.2, 0.25) is 0 Å². The molecule has 80 valence electrons. The molecule has 0 aromatic heterocycles. The number of hydrogen-bond donors (Lipinski definition) is 0. The summed E-state index contributed by atoms with van der Waals surface area (Å²) in [5.41, 5.74) is -0.789. The summed E-state index contributed by atoms with van der Waals surface area (Å²) in [7, 11) is 0. The Bertz CT molecular complexity index is 257. The molecule has 0 amide bonds. The summed E-state index contributed by atoms with van der Waals surface area (Å²) < 4.78 is 11.1. The Labute approximate surface area is 85.1 Å². The van der Waals surface area contributed by atoms with E-state index < -0.39 is 17.5 Å². The van der Waals surface area contributed by atoms with Gasteiger partial charge in [0.1, 0.15) is 11.7 Å². The van der Waals surface area contributed by atoms with Crippen molar-refractivity contribution in [2.75, 3.05) is 0 Å². The van der Waals surface area contributed by atoms with Crippen molar-refractivity contribution in [2.45, 2.75) is 51.6 Å². The highest BCUT2D eigenvalue weighted by Crippen LogP contribution is 2.33. The number of rotatable bonds is 2. The predicted octanol–water partition coefficient (Wildman–Crippen LogP) is 2.06. The Morgan fingerprint density at radius 2 is 2.07 bits per heavy atom. The maximum absolute atomic E-state index is 11.8. The molecule has 1 aliphatic heterocycles. The second kappa shape index (κ2) is 3.48. The van der Waals surface area contributed by atoms with E-state index in [1.165, 1.54) is 0 Å². The minimum absolute atomic E-state index is 0.0169. The van der Waals surface area contributed by atoms with E-state index in [9.17, 15) is 4.79 Å². The van der Waals surface area contributed by atoms with Gasteiger partial charge in [-0.15, -0.1) is 6.58 Å². The van der Waals surface area contributed by atoms with E-state index in [-0.39, 0.29) is 5.78 Å². The lowest BCUT2D eigenvalue weighted by Gasteiger charge is -2.44. The van der Waals surface area contributed by atoms with E-state index in [2.05, 4.69) is 6.58 Å². The molecule has 3 nitrogen and oxygen atoms in total. The third-order valence-electron chi connectivity index (χ3n) is 2.36. The summed E-state index contributed by atoms with van der Waals surface area (Å²) in [6.45, 7) is 10.8. The number of carbonyl (C=O) groups is 1. The van der Waals surface area contributed by atoms with Crippen LogP contribution in [0.2, 0.25) is 0 Å². The summed E-state index contributed by atoms with van der Waals surface area (Å²) in [5.74, 6) is -0.720. The molecule has 1 heterocycles. The van der Waals surface area contributed by atoms with Crippen molar-refractivity contribution < 1.29 is 14.3 Å². The molecule has 0 aromatic carbocycles. The first-order valence-corrected chi connectivity index (χ1v) is 4.84. The van der Waals surface area contributed by atoms with E-state index in [1.54, 1.807) is 19.9 Å². The van der Waals surface area contributed by atoms with Crippen LogP contribution in [-0.2, 0) is 14.3 Å². The fourth-order valence-electron chi connectivity index (χ4n) is 1.94. The average Bonchev–Trinajstić information content (AvgIpc) is 1.98. The number of carbonyl (C=O) groups excluding carboxylic acids is 1. The highest BCUT2D eigenvalue weighted by atomic mass is 16.7. The lowest BCUT2D eigenvalue weighted by molar-refractivity contribution is -0.300. The van der Waals surface area contributed by atoms with E-state index in [4.69, 9.17) is 9.47 Å². The molecule has 0 saturated carbocycles. The van der Waals surface area contributed by atoms with Gasteiger partial charge < -0.3 is 9.47 Å². The minimum Gasteiger partial charge on any atom is -0.340 e. The molecule has 0 bridgehead atoms. The Morgan fingerprint density at radius 1 is 1.50 bits per heavy atom. The molecule has 0 radical (unpaired) electrons. The molecular weight excluding hydrogens is 180 g/mol. The van der Waals surface area contributed by atoms with Crippen LogP contribution in [0.1, 0.15) is 34.1 Å². The molecule has 14 heavy (non-hydrogen) atoms. The van der Waals surface area contributed by atoms with Crippen LogP contribution in [0.25, 0.3) is 0 Å². The predicted molar refractivity (Wildman–Crippen MR) is 53.9 cm³/mol. The normalized spacial score (nSPS) is 36.9. The Balaban J connectivity index is 2.93. The number of hydrogen-bond acceptors (Lipinski definition) is 3. The fourth-order valence-corrected chi connectivity index (χ4v) is 1.94.